The van der Waals surface area contributed by atoms with Crippen LogP contribution in [0.15, 0.2) is 35.9 Å². The molecule has 1 aliphatic heterocycles. The van der Waals surface area contributed by atoms with Gasteiger partial charge in [-0.3, -0.25) is 0 Å². The molecule has 0 radical (unpaired) electrons. The molecule has 0 amide bonds. The summed E-state index contributed by atoms with van der Waals surface area (Å²) < 4.78 is 11.5. The van der Waals surface area contributed by atoms with Gasteiger partial charge in [0.1, 0.15) is 35.4 Å². The van der Waals surface area contributed by atoms with Gasteiger partial charge >= 0.3 is 0 Å². The number of aliphatic hydroxyl groups is 4. The summed E-state index contributed by atoms with van der Waals surface area (Å²) >= 11 is 0. The summed E-state index contributed by atoms with van der Waals surface area (Å²) in [7, 11) is 0. The molecular weight excluding hydrogens is 452 g/mol. The van der Waals surface area contributed by atoms with Crippen LogP contribution >= 0.6 is 0 Å². The molecule has 0 unspecified atom stereocenters. The van der Waals surface area contributed by atoms with Gasteiger partial charge in [-0.05, 0) is 56.7 Å². The number of phenolic OH excluding ortho intramolecular Hbond substituents is 2. The predicted molar refractivity (Wildman–Crippen MR) is 131 cm³/mol. The molecule has 0 saturated carbocycles. The van der Waals surface area contributed by atoms with Crippen LogP contribution in [0.1, 0.15) is 69.9 Å². The van der Waals surface area contributed by atoms with Crippen LogP contribution in [-0.2, 0) is 15.1 Å². The largest absolute Gasteiger partial charge is 0.507 e. The van der Waals surface area contributed by atoms with Gasteiger partial charge in [-0.15, -0.1) is 0 Å². The Hall–Kier alpha value is -1.94. The van der Waals surface area contributed by atoms with E-state index >= 15 is 0 Å². The van der Waals surface area contributed by atoms with Gasteiger partial charge in [0.15, 0.2) is 6.29 Å². The van der Waals surface area contributed by atoms with E-state index < -0.39 is 36.8 Å². The van der Waals surface area contributed by atoms with Crippen molar-refractivity contribution in [2.75, 3.05) is 13.2 Å². The van der Waals surface area contributed by atoms with Crippen molar-refractivity contribution >= 4 is 0 Å². The van der Waals surface area contributed by atoms with Crippen molar-refractivity contribution in [3.05, 3.63) is 47.1 Å². The van der Waals surface area contributed by atoms with Crippen molar-refractivity contribution in [1.82, 2.24) is 0 Å². The molecule has 8 heteroatoms. The Morgan fingerprint density at radius 2 is 1.80 bits per heavy atom. The van der Waals surface area contributed by atoms with Crippen LogP contribution in [0.3, 0.4) is 0 Å². The average Bonchev–Trinajstić information content (AvgIpc) is 2.81. The standard InChI is InChI=1S/C27H40O8/c1-5-6-7-10-34-26-24(32)23(31)25(33)27(14-28,35-26)17-12-20(29)22(21(30)13-17)19-11-16(4)8-9-18(19)15(2)3/h11-13,18-19,23-26,28-33H,2,5-10,14H2,1,3-4H3/t18-,19+,23-,24-,25+,26-,27+/m1/s1. The SMILES string of the molecule is C=C(C)[C@H]1CCC(C)=C[C@@H]1c1c(O)cc([C@]2(CO)O[C@@H](OCCCCC)[C@H](O)[C@@H](O)[C@@H]2O)cc1O. The normalized spacial score (nSPS) is 33.4. The van der Waals surface area contributed by atoms with Crippen LogP contribution in [-0.4, -0.2) is 68.5 Å². The van der Waals surface area contributed by atoms with Gasteiger partial charge in [-0.25, -0.2) is 0 Å². The summed E-state index contributed by atoms with van der Waals surface area (Å²) in [6.45, 7) is 9.51. The fraction of sp³-hybridized carbons (Fsp3) is 0.630. The topological polar surface area (TPSA) is 140 Å². The smallest absolute Gasteiger partial charge is 0.187 e. The van der Waals surface area contributed by atoms with Gasteiger partial charge in [0.05, 0.1) is 6.61 Å². The highest BCUT2D eigenvalue weighted by Gasteiger charge is 2.55. The number of rotatable bonds is 9. The minimum absolute atomic E-state index is 0.0301. The number of allylic oxidation sites excluding steroid dienone is 3. The third-order valence-electron chi connectivity index (χ3n) is 7.36. The lowest BCUT2D eigenvalue weighted by molar-refractivity contribution is -0.343. The molecule has 2 aliphatic rings. The monoisotopic (exact) mass is 492 g/mol. The van der Waals surface area contributed by atoms with Crippen LogP contribution in [0.25, 0.3) is 0 Å². The van der Waals surface area contributed by atoms with E-state index in [0.29, 0.717) is 12.0 Å². The lowest BCUT2D eigenvalue weighted by atomic mass is 9.73. The molecule has 6 N–H and O–H groups in total. The first-order chi connectivity index (χ1) is 16.6. The second-order valence-corrected chi connectivity index (χ2v) is 10.00. The molecule has 3 rings (SSSR count). The Bertz CT molecular complexity index is 905. The zero-order chi connectivity index (χ0) is 25.9. The number of hydrogen-bond acceptors (Lipinski definition) is 8. The molecule has 196 valence electrons. The number of ether oxygens (including phenoxy) is 2. The Balaban J connectivity index is 2.00. The summed E-state index contributed by atoms with van der Waals surface area (Å²) in [5.74, 6) is -0.721. The molecular formula is C27H40O8. The zero-order valence-corrected chi connectivity index (χ0v) is 20.9. The van der Waals surface area contributed by atoms with Gasteiger partial charge in [-0.2, -0.15) is 0 Å². The third-order valence-corrected chi connectivity index (χ3v) is 7.36. The van der Waals surface area contributed by atoms with Crippen LogP contribution in [0.4, 0.5) is 0 Å². The minimum Gasteiger partial charge on any atom is -0.507 e. The van der Waals surface area contributed by atoms with Crippen molar-refractivity contribution in [1.29, 1.82) is 0 Å². The molecule has 8 nitrogen and oxygen atoms in total. The number of hydrogen-bond donors (Lipinski definition) is 6. The van der Waals surface area contributed by atoms with E-state index in [-0.39, 0.29) is 35.5 Å². The molecule has 0 bridgehead atoms. The van der Waals surface area contributed by atoms with Gasteiger partial charge in [-0.1, -0.05) is 43.6 Å². The van der Waals surface area contributed by atoms with E-state index in [0.717, 1.165) is 36.8 Å². The number of unbranched alkanes of at least 4 members (excludes halogenated alkanes) is 2. The molecule has 1 aromatic rings. The first-order valence-electron chi connectivity index (χ1n) is 12.4. The van der Waals surface area contributed by atoms with Crippen LogP contribution in [0.5, 0.6) is 11.5 Å². The Labute approximate surface area is 207 Å². The Morgan fingerprint density at radius 3 is 2.37 bits per heavy atom. The third kappa shape index (κ3) is 5.43. The molecule has 1 aliphatic carbocycles. The fourth-order valence-electron chi connectivity index (χ4n) is 5.23. The molecule has 1 heterocycles. The van der Waals surface area contributed by atoms with E-state index in [9.17, 15) is 30.6 Å². The van der Waals surface area contributed by atoms with Gasteiger partial charge < -0.3 is 40.1 Å². The summed E-state index contributed by atoms with van der Waals surface area (Å²) in [4.78, 5) is 0. The van der Waals surface area contributed by atoms with E-state index in [2.05, 4.69) is 6.58 Å². The Morgan fingerprint density at radius 1 is 1.14 bits per heavy atom. The van der Waals surface area contributed by atoms with E-state index in [1.165, 1.54) is 12.1 Å². The van der Waals surface area contributed by atoms with Crippen molar-refractivity contribution in [2.45, 2.75) is 89.0 Å². The number of benzene rings is 1. The summed E-state index contributed by atoms with van der Waals surface area (Å²) in [6.07, 6.45) is 0.0452. The first kappa shape index (κ1) is 27.6. The van der Waals surface area contributed by atoms with Crippen LogP contribution in [0.2, 0.25) is 0 Å². The minimum atomic E-state index is -1.94. The number of aromatic hydroxyl groups is 2. The highest BCUT2D eigenvalue weighted by molar-refractivity contribution is 5.53. The van der Waals surface area contributed by atoms with Gasteiger partial charge in [0, 0.05) is 18.1 Å². The van der Waals surface area contributed by atoms with Crippen LogP contribution in [0, 0.1) is 5.92 Å². The number of phenols is 2. The molecule has 0 spiro atoms. The van der Waals surface area contributed by atoms with Crippen molar-refractivity contribution < 1.29 is 40.1 Å². The second kappa shape index (κ2) is 11.4. The quantitative estimate of drug-likeness (QED) is 0.228. The maximum atomic E-state index is 11.0. The Kier molecular flexibility index (Phi) is 9.01. The maximum absolute atomic E-state index is 11.0. The molecule has 1 aromatic carbocycles. The van der Waals surface area contributed by atoms with E-state index in [1.807, 2.05) is 26.8 Å². The first-order valence-corrected chi connectivity index (χ1v) is 12.4. The molecule has 1 fully saturated rings. The number of aliphatic hydroxyl groups excluding tert-OH is 4. The summed E-state index contributed by atoms with van der Waals surface area (Å²) in [5.41, 5.74) is 0.538. The van der Waals surface area contributed by atoms with Crippen molar-refractivity contribution in [3.63, 3.8) is 0 Å². The molecule has 0 aromatic heterocycles. The van der Waals surface area contributed by atoms with E-state index in [1.54, 1.807) is 0 Å². The zero-order valence-electron chi connectivity index (χ0n) is 20.9. The summed E-state index contributed by atoms with van der Waals surface area (Å²) in [5, 5.41) is 64.2. The molecule has 35 heavy (non-hydrogen) atoms. The predicted octanol–water partition coefficient (Wildman–Crippen LogP) is 2.95. The van der Waals surface area contributed by atoms with Gasteiger partial charge in [0.2, 0.25) is 0 Å². The van der Waals surface area contributed by atoms with Crippen LogP contribution < -0.4 is 0 Å². The van der Waals surface area contributed by atoms with E-state index in [4.69, 9.17) is 9.47 Å². The summed E-state index contributed by atoms with van der Waals surface area (Å²) in [6, 6.07) is 2.64. The second-order valence-electron chi connectivity index (χ2n) is 10.00. The lowest BCUT2D eigenvalue weighted by Gasteiger charge is -2.48. The van der Waals surface area contributed by atoms with Crippen molar-refractivity contribution in [3.8, 4) is 11.5 Å². The average molecular weight is 493 g/mol. The maximum Gasteiger partial charge on any atom is 0.187 e. The molecule has 1 saturated heterocycles. The fourth-order valence-corrected chi connectivity index (χ4v) is 5.23. The lowest BCUT2D eigenvalue weighted by Crippen LogP contribution is -2.64. The van der Waals surface area contributed by atoms with Gasteiger partial charge in [0.25, 0.3) is 0 Å². The van der Waals surface area contributed by atoms with Crippen molar-refractivity contribution in [2.24, 2.45) is 5.92 Å². The highest BCUT2D eigenvalue weighted by atomic mass is 16.7. The molecule has 7 atom stereocenters. The highest BCUT2D eigenvalue weighted by Crippen LogP contribution is 2.49.